The minimum absolute atomic E-state index is 0.624. The molecular weight excluding hydrogens is 316 g/mol. The van der Waals surface area contributed by atoms with Crippen LogP contribution < -0.4 is 0 Å². The summed E-state index contributed by atoms with van der Waals surface area (Å²) in [6, 6.07) is 8.72. The number of rotatable bonds is 14. The molecule has 4 nitrogen and oxygen atoms in total. The number of benzene rings is 1. The molecular formula is C21H38O4. The second-order valence-corrected chi connectivity index (χ2v) is 5.49. The molecule has 0 fully saturated rings. The largest absolute Gasteiger partial charge is 0.379 e. The normalized spacial score (nSPS) is 10.4. The van der Waals surface area contributed by atoms with Gasteiger partial charge in [-0.15, -0.1) is 0 Å². The van der Waals surface area contributed by atoms with Crippen molar-refractivity contribution in [1.82, 2.24) is 0 Å². The van der Waals surface area contributed by atoms with E-state index in [1.807, 2.05) is 13.8 Å². The van der Waals surface area contributed by atoms with E-state index in [0.29, 0.717) is 39.6 Å². The van der Waals surface area contributed by atoms with E-state index >= 15 is 0 Å². The topological polar surface area (TPSA) is 36.9 Å². The predicted molar refractivity (Wildman–Crippen MR) is 104 cm³/mol. The highest BCUT2D eigenvalue weighted by Gasteiger charge is 1.96. The molecule has 0 radical (unpaired) electrons. The van der Waals surface area contributed by atoms with Crippen LogP contribution in [0.1, 0.15) is 45.2 Å². The fourth-order valence-corrected chi connectivity index (χ4v) is 2.26. The van der Waals surface area contributed by atoms with Crippen LogP contribution in [0.4, 0.5) is 0 Å². The molecule has 0 aliphatic rings. The van der Waals surface area contributed by atoms with E-state index in [1.54, 1.807) is 0 Å². The SMILES string of the molecule is CCCc1ccccc1CC.CCOCCOCCOCCOCC. The summed E-state index contributed by atoms with van der Waals surface area (Å²) in [4.78, 5) is 0. The van der Waals surface area contributed by atoms with Gasteiger partial charge < -0.3 is 18.9 Å². The Hall–Kier alpha value is -0.940. The Balaban J connectivity index is 0.000000472. The number of ether oxygens (including phenoxy) is 4. The van der Waals surface area contributed by atoms with Gasteiger partial charge in [0.05, 0.1) is 39.6 Å². The van der Waals surface area contributed by atoms with Gasteiger partial charge in [-0.2, -0.15) is 0 Å². The van der Waals surface area contributed by atoms with Gasteiger partial charge in [-0.3, -0.25) is 0 Å². The Morgan fingerprint density at radius 1 is 0.600 bits per heavy atom. The molecule has 0 aliphatic carbocycles. The zero-order valence-electron chi connectivity index (χ0n) is 16.7. The average molecular weight is 355 g/mol. The van der Waals surface area contributed by atoms with Gasteiger partial charge in [-0.25, -0.2) is 0 Å². The summed E-state index contributed by atoms with van der Waals surface area (Å²) in [6.45, 7) is 13.7. The molecule has 25 heavy (non-hydrogen) atoms. The Morgan fingerprint density at radius 2 is 1.04 bits per heavy atom. The van der Waals surface area contributed by atoms with Crippen LogP contribution >= 0.6 is 0 Å². The number of hydrogen-bond acceptors (Lipinski definition) is 4. The maximum Gasteiger partial charge on any atom is 0.0701 e. The fourth-order valence-electron chi connectivity index (χ4n) is 2.26. The second kappa shape index (κ2) is 19.4. The molecule has 0 bridgehead atoms. The average Bonchev–Trinajstić information content (AvgIpc) is 2.64. The molecule has 0 unspecified atom stereocenters. The highest BCUT2D eigenvalue weighted by atomic mass is 16.6. The lowest BCUT2D eigenvalue weighted by Gasteiger charge is -2.05. The van der Waals surface area contributed by atoms with Crippen molar-refractivity contribution in [3.63, 3.8) is 0 Å². The van der Waals surface area contributed by atoms with Crippen LogP contribution in [0.15, 0.2) is 24.3 Å². The van der Waals surface area contributed by atoms with Crippen molar-refractivity contribution < 1.29 is 18.9 Å². The lowest BCUT2D eigenvalue weighted by Crippen LogP contribution is -2.11. The molecule has 0 saturated carbocycles. The van der Waals surface area contributed by atoms with Crippen LogP contribution in [0.3, 0.4) is 0 Å². The highest BCUT2D eigenvalue weighted by molar-refractivity contribution is 5.26. The van der Waals surface area contributed by atoms with Gasteiger partial charge >= 0.3 is 0 Å². The summed E-state index contributed by atoms with van der Waals surface area (Å²) < 4.78 is 20.7. The molecule has 0 saturated heterocycles. The Kier molecular flexibility index (Phi) is 18.7. The standard InChI is InChI=1S/C11H16.C10H22O4/c1-3-7-11-9-6-5-8-10(11)4-2;1-3-11-5-7-13-9-10-14-8-6-12-4-2/h5-6,8-9H,3-4,7H2,1-2H3;3-10H2,1-2H3. The van der Waals surface area contributed by atoms with Crippen molar-refractivity contribution in [3.05, 3.63) is 35.4 Å². The van der Waals surface area contributed by atoms with Gasteiger partial charge in [0.15, 0.2) is 0 Å². The van der Waals surface area contributed by atoms with Crippen molar-refractivity contribution in [2.24, 2.45) is 0 Å². The zero-order chi connectivity index (χ0) is 18.6. The summed E-state index contributed by atoms with van der Waals surface area (Å²) in [5.74, 6) is 0. The van der Waals surface area contributed by atoms with Crippen molar-refractivity contribution in [3.8, 4) is 0 Å². The van der Waals surface area contributed by atoms with Crippen LogP contribution in [-0.4, -0.2) is 52.9 Å². The smallest absolute Gasteiger partial charge is 0.0701 e. The quantitative estimate of drug-likeness (QED) is 0.467. The van der Waals surface area contributed by atoms with Crippen molar-refractivity contribution in [2.75, 3.05) is 52.9 Å². The number of aryl methyl sites for hydroxylation is 2. The van der Waals surface area contributed by atoms with E-state index in [-0.39, 0.29) is 0 Å². The maximum atomic E-state index is 5.25. The molecule has 0 spiro atoms. The van der Waals surface area contributed by atoms with E-state index in [2.05, 4.69) is 38.1 Å². The first-order valence-corrected chi connectivity index (χ1v) is 9.67. The Morgan fingerprint density at radius 3 is 1.44 bits per heavy atom. The van der Waals surface area contributed by atoms with E-state index < -0.39 is 0 Å². The summed E-state index contributed by atoms with van der Waals surface area (Å²) >= 11 is 0. The molecule has 0 heterocycles. The third-order valence-electron chi connectivity index (χ3n) is 3.54. The van der Waals surface area contributed by atoms with Gasteiger partial charge in [0.1, 0.15) is 0 Å². The summed E-state index contributed by atoms with van der Waals surface area (Å²) in [6.07, 6.45) is 3.64. The van der Waals surface area contributed by atoms with E-state index in [9.17, 15) is 0 Å². The molecule has 0 amide bonds. The lowest BCUT2D eigenvalue weighted by atomic mass is 10.0. The first-order chi connectivity index (χ1) is 12.3. The lowest BCUT2D eigenvalue weighted by molar-refractivity contribution is 0.000930. The molecule has 0 aliphatic heterocycles. The van der Waals surface area contributed by atoms with Gasteiger partial charge in [-0.05, 0) is 37.8 Å². The fraction of sp³-hybridized carbons (Fsp3) is 0.714. The van der Waals surface area contributed by atoms with E-state index in [4.69, 9.17) is 18.9 Å². The third kappa shape index (κ3) is 15.1. The summed E-state index contributed by atoms with van der Waals surface area (Å²) in [7, 11) is 0. The third-order valence-corrected chi connectivity index (χ3v) is 3.54. The Labute approximate surface area is 154 Å². The predicted octanol–water partition coefficient (Wildman–Crippen LogP) is 4.29. The summed E-state index contributed by atoms with van der Waals surface area (Å²) in [5.41, 5.74) is 3.03. The van der Waals surface area contributed by atoms with Crippen LogP contribution in [0.25, 0.3) is 0 Å². The van der Waals surface area contributed by atoms with Crippen molar-refractivity contribution >= 4 is 0 Å². The van der Waals surface area contributed by atoms with Gasteiger partial charge in [0.2, 0.25) is 0 Å². The van der Waals surface area contributed by atoms with Gasteiger partial charge in [-0.1, -0.05) is 44.5 Å². The van der Waals surface area contributed by atoms with Gasteiger partial charge in [0, 0.05) is 13.2 Å². The monoisotopic (exact) mass is 354 g/mol. The van der Waals surface area contributed by atoms with Crippen LogP contribution in [0, 0.1) is 0 Å². The molecule has 1 rings (SSSR count). The maximum absolute atomic E-state index is 5.25. The first kappa shape index (κ1) is 24.1. The molecule has 0 atom stereocenters. The minimum atomic E-state index is 0.624. The molecule has 0 N–H and O–H groups in total. The molecule has 146 valence electrons. The van der Waals surface area contributed by atoms with Crippen molar-refractivity contribution in [2.45, 2.75) is 47.0 Å². The van der Waals surface area contributed by atoms with Crippen LogP contribution in [-0.2, 0) is 31.8 Å². The molecule has 0 aromatic heterocycles. The molecule has 4 heteroatoms. The van der Waals surface area contributed by atoms with E-state index in [1.165, 1.54) is 24.0 Å². The summed E-state index contributed by atoms with van der Waals surface area (Å²) in [5, 5.41) is 0. The molecule has 1 aromatic rings. The van der Waals surface area contributed by atoms with Crippen LogP contribution in [0.2, 0.25) is 0 Å². The van der Waals surface area contributed by atoms with Crippen molar-refractivity contribution in [1.29, 1.82) is 0 Å². The minimum Gasteiger partial charge on any atom is -0.379 e. The van der Waals surface area contributed by atoms with Gasteiger partial charge in [0.25, 0.3) is 0 Å². The number of hydrogen-bond donors (Lipinski definition) is 0. The Bertz CT molecular complexity index is 370. The zero-order valence-corrected chi connectivity index (χ0v) is 16.7. The van der Waals surface area contributed by atoms with Crippen LogP contribution in [0.5, 0.6) is 0 Å². The molecule has 1 aromatic carbocycles. The second-order valence-electron chi connectivity index (χ2n) is 5.49. The van der Waals surface area contributed by atoms with E-state index in [0.717, 1.165) is 19.6 Å². The highest BCUT2D eigenvalue weighted by Crippen LogP contribution is 2.10. The first-order valence-electron chi connectivity index (χ1n) is 9.67.